The van der Waals surface area contributed by atoms with E-state index in [2.05, 4.69) is 83.2 Å². The second-order valence-electron chi connectivity index (χ2n) is 7.84. The predicted molar refractivity (Wildman–Crippen MR) is 105 cm³/mol. The molecule has 3 heterocycles. The molecular formula is C21H30N4. The molecule has 2 aliphatic rings. The summed E-state index contributed by atoms with van der Waals surface area (Å²) in [6, 6.07) is 13.8. The van der Waals surface area contributed by atoms with Crippen molar-refractivity contribution in [3.63, 3.8) is 0 Å². The summed E-state index contributed by atoms with van der Waals surface area (Å²) in [6.45, 7) is 2.36. The van der Waals surface area contributed by atoms with E-state index in [1.165, 1.54) is 49.3 Å². The highest BCUT2D eigenvalue weighted by Crippen LogP contribution is 2.45. The van der Waals surface area contributed by atoms with Crippen LogP contribution in [0.3, 0.4) is 0 Å². The van der Waals surface area contributed by atoms with Crippen molar-refractivity contribution in [2.45, 2.75) is 31.7 Å². The third-order valence-electron chi connectivity index (χ3n) is 5.89. The molecule has 0 N–H and O–H groups in total. The summed E-state index contributed by atoms with van der Waals surface area (Å²) < 4.78 is 2.34. The number of anilines is 2. The third kappa shape index (κ3) is 3.04. The summed E-state index contributed by atoms with van der Waals surface area (Å²) in [5.41, 5.74) is 4.11. The van der Waals surface area contributed by atoms with E-state index < -0.39 is 0 Å². The maximum Gasteiger partial charge on any atom is 0.0808 e. The van der Waals surface area contributed by atoms with Crippen molar-refractivity contribution in [2.75, 3.05) is 44.1 Å². The van der Waals surface area contributed by atoms with Crippen LogP contribution in [0, 0.1) is 5.92 Å². The molecule has 0 saturated carbocycles. The Morgan fingerprint density at radius 3 is 2.68 bits per heavy atom. The summed E-state index contributed by atoms with van der Waals surface area (Å²) in [5, 5.41) is 2.30. The molecule has 134 valence electrons. The first-order chi connectivity index (χ1) is 12.1. The molecule has 0 radical (unpaired) electrons. The molecule has 1 aromatic heterocycles. The molecule has 2 atom stereocenters. The molecule has 2 unspecified atom stereocenters. The maximum atomic E-state index is 2.65. The maximum absolute atomic E-state index is 2.65. The van der Waals surface area contributed by atoms with Crippen molar-refractivity contribution in [3.05, 3.63) is 48.3 Å². The second kappa shape index (κ2) is 6.75. The van der Waals surface area contributed by atoms with E-state index in [0.717, 1.165) is 12.5 Å². The monoisotopic (exact) mass is 338 g/mol. The SMILES string of the molecule is CN(C)CCCC1CCN2c3ccccc3N(C)n3cccc3C2C1. The molecule has 1 aromatic carbocycles. The van der Waals surface area contributed by atoms with Crippen LogP contribution in [0.4, 0.5) is 11.4 Å². The van der Waals surface area contributed by atoms with Gasteiger partial charge >= 0.3 is 0 Å². The highest BCUT2D eigenvalue weighted by atomic mass is 15.6. The Bertz CT molecular complexity index is 720. The Morgan fingerprint density at radius 1 is 1.08 bits per heavy atom. The van der Waals surface area contributed by atoms with Gasteiger partial charge in [-0.3, -0.25) is 9.69 Å². The Kier molecular flexibility index (Phi) is 4.46. The quantitative estimate of drug-likeness (QED) is 0.837. The molecule has 25 heavy (non-hydrogen) atoms. The fraction of sp³-hybridized carbons (Fsp3) is 0.524. The fourth-order valence-corrected chi connectivity index (χ4v) is 4.58. The Hall–Kier alpha value is -1.94. The largest absolute Gasteiger partial charge is 0.361 e. The molecule has 2 aromatic rings. The number of benzene rings is 1. The van der Waals surface area contributed by atoms with Crippen LogP contribution in [0.15, 0.2) is 42.6 Å². The molecule has 4 nitrogen and oxygen atoms in total. The molecule has 1 fully saturated rings. The smallest absolute Gasteiger partial charge is 0.0808 e. The molecule has 0 aliphatic carbocycles. The second-order valence-corrected chi connectivity index (χ2v) is 7.84. The van der Waals surface area contributed by atoms with E-state index in [0.29, 0.717) is 6.04 Å². The van der Waals surface area contributed by atoms with Crippen LogP contribution >= 0.6 is 0 Å². The molecule has 0 amide bonds. The molecule has 4 heteroatoms. The molecule has 4 rings (SSSR count). The van der Waals surface area contributed by atoms with Crippen LogP contribution in [0.2, 0.25) is 0 Å². The lowest BCUT2D eigenvalue weighted by Crippen LogP contribution is -2.37. The zero-order chi connectivity index (χ0) is 17.4. The van der Waals surface area contributed by atoms with Gasteiger partial charge in [-0.15, -0.1) is 0 Å². The number of hydrogen-bond donors (Lipinski definition) is 0. The van der Waals surface area contributed by atoms with E-state index in [4.69, 9.17) is 0 Å². The van der Waals surface area contributed by atoms with Crippen LogP contribution in [-0.2, 0) is 0 Å². The summed E-state index contributed by atoms with van der Waals surface area (Å²) in [4.78, 5) is 4.95. The van der Waals surface area contributed by atoms with Gasteiger partial charge in [-0.1, -0.05) is 12.1 Å². The van der Waals surface area contributed by atoms with Crippen molar-refractivity contribution in [1.29, 1.82) is 0 Å². The molecule has 0 spiro atoms. The number of piperidine rings is 1. The van der Waals surface area contributed by atoms with E-state index in [9.17, 15) is 0 Å². The number of nitrogens with zero attached hydrogens (tertiary/aromatic N) is 4. The minimum absolute atomic E-state index is 0.485. The minimum atomic E-state index is 0.485. The lowest BCUT2D eigenvalue weighted by atomic mass is 9.85. The van der Waals surface area contributed by atoms with Gasteiger partial charge in [0.2, 0.25) is 0 Å². The van der Waals surface area contributed by atoms with Gasteiger partial charge in [0, 0.05) is 19.8 Å². The molecule has 2 aliphatic heterocycles. The van der Waals surface area contributed by atoms with Crippen LogP contribution in [0.25, 0.3) is 0 Å². The summed E-state index contributed by atoms with van der Waals surface area (Å²) >= 11 is 0. The van der Waals surface area contributed by atoms with Gasteiger partial charge in [0.1, 0.15) is 0 Å². The van der Waals surface area contributed by atoms with Crippen molar-refractivity contribution < 1.29 is 0 Å². The first-order valence-corrected chi connectivity index (χ1v) is 9.57. The van der Waals surface area contributed by atoms with Gasteiger partial charge < -0.3 is 9.80 Å². The highest BCUT2D eigenvalue weighted by Gasteiger charge is 2.35. The van der Waals surface area contributed by atoms with E-state index >= 15 is 0 Å². The van der Waals surface area contributed by atoms with Gasteiger partial charge in [0.25, 0.3) is 0 Å². The van der Waals surface area contributed by atoms with Gasteiger partial charge in [0.15, 0.2) is 0 Å². The Balaban J connectivity index is 1.62. The van der Waals surface area contributed by atoms with Gasteiger partial charge in [-0.05, 0) is 76.5 Å². The number of aromatic nitrogens is 1. The predicted octanol–water partition coefficient (Wildman–Crippen LogP) is 4.00. The van der Waals surface area contributed by atoms with Crippen molar-refractivity contribution in [3.8, 4) is 0 Å². The van der Waals surface area contributed by atoms with Gasteiger partial charge in [0.05, 0.1) is 23.1 Å². The zero-order valence-electron chi connectivity index (χ0n) is 15.7. The summed E-state index contributed by atoms with van der Waals surface area (Å²) in [6.07, 6.45) is 7.43. The van der Waals surface area contributed by atoms with Crippen LogP contribution < -0.4 is 9.91 Å². The molecular weight excluding hydrogens is 308 g/mol. The Labute approximate surface area is 151 Å². The van der Waals surface area contributed by atoms with Crippen molar-refractivity contribution in [1.82, 2.24) is 9.58 Å². The topological polar surface area (TPSA) is 14.7 Å². The van der Waals surface area contributed by atoms with Crippen molar-refractivity contribution >= 4 is 11.4 Å². The lowest BCUT2D eigenvalue weighted by molar-refractivity contribution is 0.297. The van der Waals surface area contributed by atoms with E-state index in [-0.39, 0.29) is 0 Å². The number of hydrogen-bond acceptors (Lipinski definition) is 3. The van der Waals surface area contributed by atoms with Crippen LogP contribution in [-0.4, -0.2) is 43.8 Å². The van der Waals surface area contributed by atoms with Gasteiger partial charge in [-0.25, -0.2) is 0 Å². The average molecular weight is 338 g/mol. The highest BCUT2D eigenvalue weighted by molar-refractivity contribution is 5.73. The number of fused-ring (bicyclic) bond motifs is 5. The number of para-hydroxylation sites is 2. The first kappa shape index (κ1) is 16.5. The van der Waals surface area contributed by atoms with Crippen molar-refractivity contribution in [2.24, 2.45) is 5.92 Å². The Morgan fingerprint density at radius 2 is 1.88 bits per heavy atom. The average Bonchev–Trinajstić information content (AvgIpc) is 3.07. The lowest BCUT2D eigenvalue weighted by Gasteiger charge is -2.40. The summed E-state index contributed by atoms with van der Waals surface area (Å²) in [5.74, 6) is 0.833. The van der Waals surface area contributed by atoms with Crippen LogP contribution in [0.1, 0.15) is 37.4 Å². The van der Waals surface area contributed by atoms with Gasteiger partial charge in [-0.2, -0.15) is 0 Å². The minimum Gasteiger partial charge on any atom is -0.361 e. The fourth-order valence-electron chi connectivity index (χ4n) is 4.58. The normalized spacial score (nSPS) is 22.4. The van der Waals surface area contributed by atoms with E-state index in [1.807, 2.05) is 0 Å². The third-order valence-corrected chi connectivity index (χ3v) is 5.89. The zero-order valence-corrected chi connectivity index (χ0v) is 15.7. The van der Waals surface area contributed by atoms with E-state index in [1.54, 1.807) is 0 Å². The molecule has 1 saturated heterocycles. The summed E-state index contributed by atoms with van der Waals surface area (Å²) in [7, 11) is 6.52. The standard InChI is InChI=1S/C21H30N4/c1-22(2)13-6-8-17-12-15-24-19-10-5-4-9-18(19)23(3)25-14-7-11-20(25)21(24)16-17/h4-5,7,9-11,14,17,21H,6,8,12-13,15-16H2,1-3H3. The number of rotatable bonds is 4. The molecule has 0 bridgehead atoms. The van der Waals surface area contributed by atoms with Crippen LogP contribution in [0.5, 0.6) is 0 Å². The first-order valence-electron chi connectivity index (χ1n) is 9.57.